The highest BCUT2D eigenvalue weighted by atomic mass is 15.5. The molecule has 7 heavy (non-hydrogen) atoms. The van der Waals surface area contributed by atoms with Crippen LogP contribution in [0.1, 0.15) is 0 Å². The molecule has 0 radical (unpaired) electrons. The fourth-order valence-corrected chi connectivity index (χ4v) is 0.257. The normalized spacial score (nSPS) is 8.29. The van der Waals surface area contributed by atoms with E-state index in [1.807, 2.05) is 0 Å². The van der Waals surface area contributed by atoms with Gasteiger partial charge in [-0.15, -0.1) is 0 Å². The predicted octanol–water partition coefficient (Wildman–Crippen LogP) is -0.517. The Morgan fingerprint density at radius 1 is 2.00 bits per heavy atom. The number of nitrogens with two attached hydrogens (primary N) is 1. The Balaban J connectivity index is 3.16. The summed E-state index contributed by atoms with van der Waals surface area (Å²) in [5, 5.41) is 1.67. The van der Waals surface area contributed by atoms with Crippen molar-refractivity contribution in [2.45, 2.75) is 0 Å². The van der Waals surface area contributed by atoms with Crippen LogP contribution in [0.3, 0.4) is 0 Å². The number of rotatable bonds is 3. The fourth-order valence-electron chi connectivity index (χ4n) is 0.257. The van der Waals surface area contributed by atoms with Gasteiger partial charge in [0.1, 0.15) is 0 Å². The molecule has 0 aromatic rings. The Morgan fingerprint density at radius 3 is 2.57 bits per heavy atom. The molecule has 0 rings (SSSR count). The summed E-state index contributed by atoms with van der Waals surface area (Å²) in [5.74, 6) is 0. The molecule has 42 valence electrons. The maximum atomic E-state index is 5.19. The highest BCUT2D eigenvalue weighted by Crippen LogP contribution is 1.70. The van der Waals surface area contributed by atoms with Crippen molar-refractivity contribution in [1.82, 2.24) is 10.4 Å². The van der Waals surface area contributed by atoms with Crippen LogP contribution in [-0.2, 0) is 0 Å². The van der Waals surface area contributed by atoms with E-state index in [2.05, 4.69) is 12.0 Å². The zero-order valence-corrected chi connectivity index (χ0v) is 4.52. The molecule has 0 aliphatic rings. The van der Waals surface area contributed by atoms with E-state index in [4.69, 9.17) is 5.73 Å². The van der Waals surface area contributed by atoms with Crippen molar-refractivity contribution in [1.29, 1.82) is 0 Å². The van der Waals surface area contributed by atoms with Gasteiger partial charge in [0, 0.05) is 13.2 Å². The molecule has 0 unspecified atom stereocenters. The molecule has 3 heteroatoms. The van der Waals surface area contributed by atoms with Gasteiger partial charge in [-0.25, -0.2) is 5.43 Å². The van der Waals surface area contributed by atoms with Gasteiger partial charge >= 0.3 is 0 Å². The van der Waals surface area contributed by atoms with Gasteiger partial charge in [-0.1, -0.05) is 6.58 Å². The van der Waals surface area contributed by atoms with Gasteiger partial charge < -0.3 is 10.7 Å². The smallest absolute Gasteiger partial charge is 0.0806 e. The molecule has 0 fully saturated rings. The Labute approximate surface area is 43.8 Å². The largest absolute Gasteiger partial charge is 0.313 e. The lowest BCUT2D eigenvalue weighted by atomic mass is 10.9. The number of nitrogens with one attached hydrogen (secondary N) is 1. The van der Waals surface area contributed by atoms with Gasteiger partial charge in [0.15, 0.2) is 0 Å². The maximum absolute atomic E-state index is 5.19. The number of hydrazine groups is 1. The summed E-state index contributed by atoms with van der Waals surface area (Å²) in [7, 11) is 1.79. The molecule has 0 heterocycles. The molecule has 0 saturated heterocycles. The van der Waals surface area contributed by atoms with Crippen molar-refractivity contribution in [3.8, 4) is 0 Å². The summed E-state index contributed by atoms with van der Waals surface area (Å²) < 4.78 is 0. The second kappa shape index (κ2) is 3.64. The van der Waals surface area contributed by atoms with Crippen LogP contribution < -0.4 is 11.2 Å². The summed E-state index contributed by atoms with van der Waals surface area (Å²) >= 11 is 0. The van der Waals surface area contributed by atoms with Crippen LogP contribution in [0, 0.1) is 0 Å². The first-order valence-corrected chi connectivity index (χ1v) is 2.11. The van der Waals surface area contributed by atoms with Crippen molar-refractivity contribution < 1.29 is 0 Å². The predicted molar refractivity (Wildman–Crippen MR) is 30.2 cm³/mol. The zero-order valence-electron chi connectivity index (χ0n) is 4.52. The quantitative estimate of drug-likeness (QED) is 0.371. The van der Waals surface area contributed by atoms with Gasteiger partial charge in [-0.3, -0.25) is 0 Å². The summed E-state index contributed by atoms with van der Waals surface area (Å²) in [5.41, 5.74) is 7.98. The van der Waals surface area contributed by atoms with Crippen LogP contribution in [0.4, 0.5) is 0 Å². The molecular formula is C4H11N3. The molecule has 0 aromatic heterocycles. The average Bonchev–Trinajstić information content (AvgIpc) is 1.72. The average molecular weight is 101 g/mol. The van der Waals surface area contributed by atoms with E-state index >= 15 is 0 Å². The lowest BCUT2D eigenvalue weighted by Crippen LogP contribution is -2.34. The van der Waals surface area contributed by atoms with Crippen molar-refractivity contribution in [3.05, 3.63) is 12.8 Å². The van der Waals surface area contributed by atoms with Crippen LogP contribution in [0.25, 0.3) is 0 Å². The standard InChI is InChI=1S/C4H11N3/c1-3-7(4-5)6-2/h3,6H,1,4-5H2,2H3. The SMILES string of the molecule is C=CN(CN)NC. The van der Waals surface area contributed by atoms with Crippen LogP contribution >= 0.6 is 0 Å². The first-order chi connectivity index (χ1) is 3.35. The van der Waals surface area contributed by atoms with Crippen LogP contribution in [0.2, 0.25) is 0 Å². The molecule has 0 aliphatic carbocycles. The molecule has 0 aliphatic heterocycles. The second-order valence-corrected chi connectivity index (χ2v) is 1.06. The van der Waals surface area contributed by atoms with E-state index in [-0.39, 0.29) is 0 Å². The fraction of sp³-hybridized carbons (Fsp3) is 0.500. The molecular weight excluding hydrogens is 90.1 g/mol. The zero-order chi connectivity index (χ0) is 5.70. The molecule has 0 bridgehead atoms. The topological polar surface area (TPSA) is 41.3 Å². The molecule has 0 atom stereocenters. The highest BCUT2D eigenvalue weighted by molar-refractivity contribution is 4.62. The first-order valence-electron chi connectivity index (χ1n) is 2.11. The van der Waals surface area contributed by atoms with Gasteiger partial charge in [0.05, 0.1) is 6.67 Å². The Hall–Kier alpha value is -0.540. The van der Waals surface area contributed by atoms with E-state index < -0.39 is 0 Å². The molecule has 0 saturated carbocycles. The Bertz CT molecular complexity index is 48.9. The molecule has 3 N–H and O–H groups in total. The molecule has 0 aromatic carbocycles. The van der Waals surface area contributed by atoms with E-state index in [1.54, 1.807) is 18.3 Å². The van der Waals surface area contributed by atoms with E-state index in [0.29, 0.717) is 6.67 Å². The van der Waals surface area contributed by atoms with Gasteiger partial charge in [-0.05, 0) is 0 Å². The number of nitrogens with zero attached hydrogens (tertiary/aromatic N) is 1. The summed E-state index contributed by atoms with van der Waals surface area (Å²) in [4.78, 5) is 0. The molecule has 0 amide bonds. The third-order valence-electron chi connectivity index (χ3n) is 0.704. The molecule has 0 spiro atoms. The second-order valence-electron chi connectivity index (χ2n) is 1.06. The highest BCUT2D eigenvalue weighted by Gasteiger charge is 1.81. The summed E-state index contributed by atoms with van der Waals surface area (Å²) in [6.07, 6.45) is 1.62. The van der Waals surface area contributed by atoms with Crippen molar-refractivity contribution >= 4 is 0 Å². The lowest BCUT2D eigenvalue weighted by Gasteiger charge is -2.13. The van der Waals surface area contributed by atoms with Crippen molar-refractivity contribution in [3.63, 3.8) is 0 Å². The monoisotopic (exact) mass is 101 g/mol. The van der Waals surface area contributed by atoms with Crippen molar-refractivity contribution in [2.75, 3.05) is 13.7 Å². The van der Waals surface area contributed by atoms with Crippen LogP contribution in [-0.4, -0.2) is 18.7 Å². The third-order valence-corrected chi connectivity index (χ3v) is 0.704. The summed E-state index contributed by atoms with van der Waals surface area (Å²) in [6.45, 7) is 3.94. The minimum Gasteiger partial charge on any atom is -0.313 e. The number of hydrogen-bond donors (Lipinski definition) is 2. The maximum Gasteiger partial charge on any atom is 0.0806 e. The van der Waals surface area contributed by atoms with E-state index in [0.717, 1.165) is 0 Å². The van der Waals surface area contributed by atoms with Gasteiger partial charge in [-0.2, -0.15) is 0 Å². The lowest BCUT2D eigenvalue weighted by molar-refractivity contribution is 0.308. The molecule has 3 nitrogen and oxygen atoms in total. The third kappa shape index (κ3) is 2.19. The minimum atomic E-state index is 0.458. The Kier molecular flexibility index (Phi) is 3.36. The van der Waals surface area contributed by atoms with Crippen molar-refractivity contribution in [2.24, 2.45) is 5.73 Å². The van der Waals surface area contributed by atoms with Crippen LogP contribution in [0.5, 0.6) is 0 Å². The van der Waals surface area contributed by atoms with E-state index in [1.165, 1.54) is 0 Å². The minimum absolute atomic E-state index is 0.458. The van der Waals surface area contributed by atoms with Crippen LogP contribution in [0.15, 0.2) is 12.8 Å². The van der Waals surface area contributed by atoms with Gasteiger partial charge in [0.25, 0.3) is 0 Å². The summed E-state index contributed by atoms with van der Waals surface area (Å²) in [6, 6.07) is 0. The number of hydrogen-bond acceptors (Lipinski definition) is 3. The Morgan fingerprint density at radius 2 is 2.57 bits per heavy atom. The van der Waals surface area contributed by atoms with E-state index in [9.17, 15) is 0 Å². The first kappa shape index (κ1) is 6.46. The van der Waals surface area contributed by atoms with Gasteiger partial charge in [0.2, 0.25) is 0 Å².